The lowest BCUT2D eigenvalue weighted by atomic mass is 10.2. The Morgan fingerprint density at radius 2 is 2.00 bits per heavy atom. The summed E-state index contributed by atoms with van der Waals surface area (Å²) in [6.07, 6.45) is 0.640. The van der Waals surface area contributed by atoms with Crippen LogP contribution in [0, 0.1) is 11.6 Å². The second kappa shape index (κ2) is 8.05. The quantitative estimate of drug-likeness (QED) is 0.670. The molecular weight excluding hydrogens is 360 g/mol. The number of halogens is 2. The van der Waals surface area contributed by atoms with Gasteiger partial charge in [-0.2, -0.15) is 4.68 Å². The van der Waals surface area contributed by atoms with Gasteiger partial charge < -0.3 is 5.32 Å². The minimum atomic E-state index is -0.938. The maximum atomic E-state index is 13.2. The highest BCUT2D eigenvalue weighted by Crippen LogP contribution is 2.23. The number of hydrogen-bond acceptors (Lipinski definition) is 5. The molecule has 0 bridgehead atoms. The van der Waals surface area contributed by atoms with Crippen molar-refractivity contribution < 1.29 is 13.6 Å². The van der Waals surface area contributed by atoms with Gasteiger partial charge in [0.05, 0.1) is 17.1 Å². The molecule has 0 saturated carbocycles. The number of anilines is 1. The standard InChI is InChI=1S/C17H15F2N5OS/c1-2-16-21-22-23-24(16)15-6-4-3-5-14(15)20-17(25)10-26-11-7-8-12(18)13(19)9-11/h3-9H,2,10H2,1H3,(H,20,25). The number of benzene rings is 2. The fourth-order valence-corrected chi connectivity index (χ4v) is 3.00. The molecule has 26 heavy (non-hydrogen) atoms. The van der Waals surface area contributed by atoms with Crippen LogP contribution in [0.5, 0.6) is 0 Å². The van der Waals surface area contributed by atoms with Crippen LogP contribution in [0.15, 0.2) is 47.4 Å². The van der Waals surface area contributed by atoms with Crippen molar-refractivity contribution in [3.8, 4) is 5.69 Å². The van der Waals surface area contributed by atoms with Crippen molar-refractivity contribution in [1.29, 1.82) is 0 Å². The van der Waals surface area contributed by atoms with Crippen LogP contribution >= 0.6 is 11.8 Å². The predicted molar refractivity (Wildman–Crippen MR) is 94.2 cm³/mol. The highest BCUT2D eigenvalue weighted by Gasteiger charge is 2.13. The fraction of sp³-hybridized carbons (Fsp3) is 0.176. The molecule has 0 aliphatic heterocycles. The molecule has 2 aromatic carbocycles. The highest BCUT2D eigenvalue weighted by atomic mass is 32.2. The fourth-order valence-electron chi connectivity index (χ4n) is 2.28. The Morgan fingerprint density at radius 1 is 1.19 bits per heavy atom. The molecule has 1 N–H and O–H groups in total. The lowest BCUT2D eigenvalue weighted by molar-refractivity contribution is -0.113. The number of amides is 1. The van der Waals surface area contributed by atoms with E-state index < -0.39 is 11.6 Å². The molecule has 0 aliphatic rings. The molecule has 0 aliphatic carbocycles. The Labute approximate surface area is 152 Å². The summed E-state index contributed by atoms with van der Waals surface area (Å²) in [5, 5.41) is 14.4. The molecule has 1 heterocycles. The first-order chi connectivity index (χ1) is 12.6. The normalized spacial score (nSPS) is 10.7. The third kappa shape index (κ3) is 4.05. The average Bonchev–Trinajstić information content (AvgIpc) is 3.12. The van der Waals surface area contributed by atoms with E-state index in [1.807, 2.05) is 13.0 Å². The van der Waals surface area contributed by atoms with Gasteiger partial charge in [0.1, 0.15) is 0 Å². The number of tetrazole rings is 1. The summed E-state index contributed by atoms with van der Waals surface area (Å²) in [5.74, 6) is -1.41. The van der Waals surface area contributed by atoms with Crippen LogP contribution in [0.1, 0.15) is 12.7 Å². The van der Waals surface area contributed by atoms with E-state index in [0.29, 0.717) is 28.5 Å². The molecule has 0 radical (unpaired) electrons. The summed E-state index contributed by atoms with van der Waals surface area (Å²) >= 11 is 1.12. The van der Waals surface area contributed by atoms with Crippen LogP contribution in [0.3, 0.4) is 0 Å². The van der Waals surface area contributed by atoms with E-state index in [9.17, 15) is 13.6 Å². The zero-order valence-corrected chi connectivity index (χ0v) is 14.6. The molecule has 1 aromatic heterocycles. The van der Waals surface area contributed by atoms with E-state index in [4.69, 9.17) is 0 Å². The largest absolute Gasteiger partial charge is 0.323 e. The Bertz CT molecular complexity index is 931. The summed E-state index contributed by atoms with van der Waals surface area (Å²) in [4.78, 5) is 12.7. The highest BCUT2D eigenvalue weighted by molar-refractivity contribution is 8.00. The Kier molecular flexibility index (Phi) is 5.57. The molecule has 3 rings (SSSR count). The van der Waals surface area contributed by atoms with E-state index in [0.717, 1.165) is 23.9 Å². The first-order valence-corrected chi connectivity index (χ1v) is 8.81. The van der Waals surface area contributed by atoms with Gasteiger partial charge in [-0.1, -0.05) is 19.1 Å². The summed E-state index contributed by atoms with van der Waals surface area (Å²) in [6, 6.07) is 10.7. The van der Waals surface area contributed by atoms with Crippen molar-refractivity contribution in [2.45, 2.75) is 18.2 Å². The monoisotopic (exact) mass is 375 g/mol. The van der Waals surface area contributed by atoms with E-state index in [1.54, 1.807) is 22.9 Å². The van der Waals surface area contributed by atoms with Crippen molar-refractivity contribution in [3.63, 3.8) is 0 Å². The summed E-state index contributed by atoms with van der Waals surface area (Å²) in [5.41, 5.74) is 1.21. The van der Waals surface area contributed by atoms with Crippen molar-refractivity contribution in [2.75, 3.05) is 11.1 Å². The van der Waals surface area contributed by atoms with Gasteiger partial charge in [-0.3, -0.25) is 4.79 Å². The molecule has 0 fully saturated rings. The third-order valence-electron chi connectivity index (χ3n) is 3.52. The summed E-state index contributed by atoms with van der Waals surface area (Å²) in [7, 11) is 0. The van der Waals surface area contributed by atoms with Gasteiger partial charge in [0.25, 0.3) is 0 Å². The second-order valence-electron chi connectivity index (χ2n) is 5.29. The van der Waals surface area contributed by atoms with Gasteiger partial charge in [-0.25, -0.2) is 8.78 Å². The van der Waals surface area contributed by atoms with Crippen LogP contribution in [0.2, 0.25) is 0 Å². The molecule has 134 valence electrons. The summed E-state index contributed by atoms with van der Waals surface area (Å²) < 4.78 is 27.7. The molecule has 0 saturated heterocycles. The zero-order chi connectivity index (χ0) is 18.5. The number of aromatic nitrogens is 4. The molecule has 3 aromatic rings. The predicted octanol–water partition coefficient (Wildman–Crippen LogP) is 3.23. The molecule has 6 nitrogen and oxygen atoms in total. The molecular formula is C17H15F2N5OS. The summed E-state index contributed by atoms with van der Waals surface area (Å²) in [6.45, 7) is 1.93. The second-order valence-corrected chi connectivity index (χ2v) is 6.34. The lowest BCUT2D eigenvalue weighted by Gasteiger charge is -2.11. The Morgan fingerprint density at radius 3 is 2.77 bits per heavy atom. The van der Waals surface area contributed by atoms with E-state index >= 15 is 0 Å². The van der Waals surface area contributed by atoms with Gasteiger partial charge >= 0.3 is 0 Å². The number of hydrogen-bond donors (Lipinski definition) is 1. The van der Waals surface area contributed by atoms with E-state index in [2.05, 4.69) is 20.8 Å². The van der Waals surface area contributed by atoms with Crippen LogP contribution in [0.4, 0.5) is 14.5 Å². The number of para-hydroxylation sites is 2. The first kappa shape index (κ1) is 18.0. The van der Waals surface area contributed by atoms with Crippen LogP contribution in [-0.2, 0) is 11.2 Å². The van der Waals surface area contributed by atoms with Crippen LogP contribution < -0.4 is 5.32 Å². The number of nitrogens with zero attached hydrogens (tertiary/aromatic N) is 4. The first-order valence-electron chi connectivity index (χ1n) is 7.83. The minimum absolute atomic E-state index is 0.0512. The van der Waals surface area contributed by atoms with Crippen molar-refractivity contribution in [2.24, 2.45) is 0 Å². The minimum Gasteiger partial charge on any atom is -0.323 e. The number of carbonyl (C=O) groups excluding carboxylic acids is 1. The van der Waals surface area contributed by atoms with Crippen molar-refractivity contribution >= 4 is 23.4 Å². The van der Waals surface area contributed by atoms with Gasteiger partial charge in [-0.05, 0) is 40.8 Å². The van der Waals surface area contributed by atoms with Gasteiger partial charge in [0.15, 0.2) is 17.5 Å². The number of rotatable bonds is 6. The topological polar surface area (TPSA) is 72.7 Å². The lowest BCUT2D eigenvalue weighted by Crippen LogP contribution is -2.16. The van der Waals surface area contributed by atoms with Crippen molar-refractivity contribution in [3.05, 3.63) is 59.9 Å². The molecule has 0 atom stereocenters. The number of aryl methyl sites for hydroxylation is 1. The molecule has 1 amide bonds. The van der Waals surface area contributed by atoms with Gasteiger partial charge in [0, 0.05) is 11.3 Å². The van der Waals surface area contributed by atoms with Crippen LogP contribution in [-0.4, -0.2) is 31.9 Å². The zero-order valence-electron chi connectivity index (χ0n) is 13.8. The van der Waals surface area contributed by atoms with E-state index in [-0.39, 0.29) is 11.7 Å². The van der Waals surface area contributed by atoms with Gasteiger partial charge in [0.2, 0.25) is 5.91 Å². The number of nitrogens with one attached hydrogen (secondary N) is 1. The molecule has 0 unspecified atom stereocenters. The van der Waals surface area contributed by atoms with Crippen LogP contribution in [0.25, 0.3) is 5.69 Å². The number of thioether (sulfide) groups is 1. The Balaban J connectivity index is 1.71. The molecule has 9 heteroatoms. The third-order valence-corrected chi connectivity index (χ3v) is 4.51. The Hall–Kier alpha value is -2.81. The number of carbonyl (C=O) groups is 1. The molecule has 0 spiro atoms. The van der Waals surface area contributed by atoms with E-state index in [1.165, 1.54) is 6.07 Å². The van der Waals surface area contributed by atoms with Gasteiger partial charge in [-0.15, -0.1) is 16.9 Å². The smallest absolute Gasteiger partial charge is 0.234 e. The maximum absolute atomic E-state index is 13.2. The van der Waals surface area contributed by atoms with Crippen molar-refractivity contribution in [1.82, 2.24) is 20.2 Å². The maximum Gasteiger partial charge on any atom is 0.234 e. The SMILES string of the molecule is CCc1nnnn1-c1ccccc1NC(=O)CSc1ccc(F)c(F)c1. The average molecular weight is 375 g/mol.